The van der Waals surface area contributed by atoms with E-state index in [0.717, 1.165) is 24.7 Å². The average molecular weight is 326 g/mol. The van der Waals surface area contributed by atoms with Crippen molar-refractivity contribution in [2.45, 2.75) is 25.3 Å². The Bertz CT molecular complexity index is 630. The van der Waals surface area contributed by atoms with Gasteiger partial charge in [0, 0.05) is 24.7 Å². The number of likely N-dealkylation sites (tertiary alicyclic amines) is 1. The third-order valence-electron chi connectivity index (χ3n) is 3.69. The highest BCUT2D eigenvalue weighted by Crippen LogP contribution is 2.20. The summed E-state index contributed by atoms with van der Waals surface area (Å²) in [6.07, 6.45) is 2.95. The third-order valence-corrected chi connectivity index (χ3v) is 4.45. The monoisotopic (exact) mass is 326 g/mol. The van der Waals surface area contributed by atoms with Crippen molar-refractivity contribution < 1.29 is 17.9 Å². The zero-order valence-electron chi connectivity index (χ0n) is 12.9. The fraction of sp³-hybridized carbons (Fsp3) is 0.533. The molecule has 0 aromatic heterocycles. The van der Waals surface area contributed by atoms with Crippen molar-refractivity contribution in [1.29, 1.82) is 0 Å². The molecule has 0 spiro atoms. The van der Waals surface area contributed by atoms with E-state index in [2.05, 4.69) is 4.72 Å². The number of ether oxygens (including phenoxy) is 1. The molecule has 0 saturated carbocycles. The molecule has 22 heavy (non-hydrogen) atoms. The fourth-order valence-corrected chi connectivity index (χ4v) is 3.52. The Morgan fingerprint density at radius 3 is 2.82 bits per heavy atom. The summed E-state index contributed by atoms with van der Waals surface area (Å²) in [5.74, 6) is 0.683. The molecule has 1 N–H and O–H groups in total. The molecule has 0 unspecified atom stereocenters. The van der Waals surface area contributed by atoms with Crippen molar-refractivity contribution in [2.24, 2.45) is 0 Å². The van der Waals surface area contributed by atoms with Crippen LogP contribution in [-0.4, -0.2) is 51.7 Å². The maximum absolute atomic E-state index is 12.4. The number of amides is 1. The molecule has 1 aliphatic rings. The van der Waals surface area contributed by atoms with Crippen LogP contribution in [0.1, 0.15) is 18.4 Å². The molecule has 0 aliphatic carbocycles. The first-order valence-electron chi connectivity index (χ1n) is 7.26. The van der Waals surface area contributed by atoms with Crippen LogP contribution in [0.25, 0.3) is 0 Å². The van der Waals surface area contributed by atoms with E-state index in [1.165, 1.54) is 0 Å². The molecule has 7 heteroatoms. The van der Waals surface area contributed by atoms with Gasteiger partial charge in [0.05, 0.1) is 19.8 Å². The van der Waals surface area contributed by atoms with Gasteiger partial charge in [0.1, 0.15) is 5.75 Å². The van der Waals surface area contributed by atoms with Gasteiger partial charge in [-0.1, -0.05) is 18.2 Å². The smallest absolute Gasteiger partial charge is 0.227 e. The fourth-order valence-electron chi connectivity index (χ4n) is 2.73. The molecule has 1 aromatic carbocycles. The van der Waals surface area contributed by atoms with Gasteiger partial charge >= 0.3 is 0 Å². The molecule has 0 bridgehead atoms. The highest BCUT2D eigenvalue weighted by atomic mass is 32.2. The number of methoxy groups -OCH3 is 1. The van der Waals surface area contributed by atoms with Crippen LogP contribution in [0.15, 0.2) is 24.3 Å². The van der Waals surface area contributed by atoms with Gasteiger partial charge in [-0.3, -0.25) is 4.79 Å². The Balaban J connectivity index is 2.00. The molecule has 2 rings (SSSR count). The van der Waals surface area contributed by atoms with Crippen LogP contribution in [0.5, 0.6) is 5.75 Å². The molecule has 1 aromatic rings. The summed E-state index contributed by atoms with van der Waals surface area (Å²) >= 11 is 0. The Morgan fingerprint density at radius 2 is 2.14 bits per heavy atom. The summed E-state index contributed by atoms with van der Waals surface area (Å²) in [7, 11) is -1.67. The van der Waals surface area contributed by atoms with E-state index in [1.807, 2.05) is 24.3 Å². The summed E-state index contributed by atoms with van der Waals surface area (Å²) in [5.41, 5.74) is 0.841. The summed E-state index contributed by atoms with van der Waals surface area (Å²) in [4.78, 5) is 14.2. The van der Waals surface area contributed by atoms with E-state index in [-0.39, 0.29) is 18.4 Å². The van der Waals surface area contributed by atoms with Gasteiger partial charge in [-0.15, -0.1) is 0 Å². The highest BCUT2D eigenvalue weighted by Gasteiger charge is 2.25. The molecule has 0 radical (unpaired) electrons. The van der Waals surface area contributed by atoms with E-state index >= 15 is 0 Å². The number of para-hydroxylation sites is 1. The molecule has 122 valence electrons. The molecular formula is C15H22N2O4S. The molecular weight excluding hydrogens is 304 g/mol. The first-order chi connectivity index (χ1) is 10.4. The van der Waals surface area contributed by atoms with E-state index < -0.39 is 10.0 Å². The van der Waals surface area contributed by atoms with Gasteiger partial charge in [-0.05, 0) is 18.9 Å². The van der Waals surface area contributed by atoms with Crippen molar-refractivity contribution in [3.63, 3.8) is 0 Å². The minimum absolute atomic E-state index is 0.00972. The summed E-state index contributed by atoms with van der Waals surface area (Å²) < 4.78 is 30.5. The van der Waals surface area contributed by atoms with Gasteiger partial charge in [-0.25, -0.2) is 13.1 Å². The summed E-state index contributed by atoms with van der Waals surface area (Å²) in [6, 6.07) is 7.22. The molecule has 1 atom stereocenters. The van der Waals surface area contributed by atoms with Crippen molar-refractivity contribution >= 4 is 15.9 Å². The van der Waals surface area contributed by atoms with Crippen molar-refractivity contribution in [3.8, 4) is 5.75 Å². The summed E-state index contributed by atoms with van der Waals surface area (Å²) in [5, 5.41) is 0. The van der Waals surface area contributed by atoms with Crippen LogP contribution in [0.2, 0.25) is 0 Å². The number of benzene rings is 1. The van der Waals surface area contributed by atoms with Crippen LogP contribution in [0.4, 0.5) is 0 Å². The first kappa shape index (κ1) is 16.8. The van der Waals surface area contributed by atoms with Crippen molar-refractivity contribution in [2.75, 3.05) is 26.5 Å². The topological polar surface area (TPSA) is 75.7 Å². The molecule has 1 amide bonds. The maximum atomic E-state index is 12.4. The molecule has 1 fully saturated rings. The second-order valence-electron chi connectivity index (χ2n) is 5.56. The number of nitrogens with one attached hydrogen (secondary N) is 1. The van der Waals surface area contributed by atoms with Gasteiger partial charge in [0.15, 0.2) is 0 Å². The summed E-state index contributed by atoms with van der Waals surface area (Å²) in [6.45, 7) is 1.08. The van der Waals surface area contributed by atoms with E-state index in [4.69, 9.17) is 4.74 Å². The molecule has 1 saturated heterocycles. The van der Waals surface area contributed by atoms with E-state index in [0.29, 0.717) is 18.8 Å². The lowest BCUT2D eigenvalue weighted by Crippen LogP contribution is -2.49. The van der Waals surface area contributed by atoms with Gasteiger partial charge < -0.3 is 9.64 Å². The minimum atomic E-state index is -3.25. The lowest BCUT2D eigenvalue weighted by molar-refractivity contribution is -0.131. The average Bonchev–Trinajstić information content (AvgIpc) is 2.46. The largest absolute Gasteiger partial charge is 0.496 e. The molecule has 1 heterocycles. The van der Waals surface area contributed by atoms with Crippen LogP contribution in [-0.2, 0) is 21.2 Å². The van der Waals surface area contributed by atoms with Crippen LogP contribution in [0, 0.1) is 0 Å². The SMILES string of the molecule is COc1ccccc1CC(=O)N1CCC[C@@H](NS(C)(=O)=O)C1. The second kappa shape index (κ2) is 7.11. The highest BCUT2D eigenvalue weighted by molar-refractivity contribution is 7.88. The van der Waals surface area contributed by atoms with Gasteiger partial charge in [0.25, 0.3) is 0 Å². The zero-order valence-corrected chi connectivity index (χ0v) is 13.7. The number of hydrogen-bond acceptors (Lipinski definition) is 4. The van der Waals surface area contributed by atoms with E-state index in [9.17, 15) is 13.2 Å². The van der Waals surface area contributed by atoms with Gasteiger partial charge in [-0.2, -0.15) is 0 Å². The normalized spacial score (nSPS) is 19.0. The zero-order chi connectivity index (χ0) is 16.2. The van der Waals surface area contributed by atoms with Crippen LogP contribution in [0.3, 0.4) is 0 Å². The second-order valence-corrected chi connectivity index (χ2v) is 7.34. The lowest BCUT2D eigenvalue weighted by atomic mass is 10.0. The first-order valence-corrected chi connectivity index (χ1v) is 9.15. The molecule has 6 nitrogen and oxygen atoms in total. The van der Waals surface area contributed by atoms with Gasteiger partial charge in [0.2, 0.25) is 15.9 Å². The Labute approximate surface area is 131 Å². The predicted octanol–water partition coefficient (Wildman–Crippen LogP) is 0.778. The predicted molar refractivity (Wildman–Crippen MR) is 84.3 cm³/mol. The van der Waals surface area contributed by atoms with Crippen molar-refractivity contribution in [3.05, 3.63) is 29.8 Å². The minimum Gasteiger partial charge on any atom is -0.496 e. The lowest BCUT2D eigenvalue weighted by Gasteiger charge is -2.33. The quantitative estimate of drug-likeness (QED) is 0.867. The number of rotatable bonds is 5. The van der Waals surface area contributed by atoms with Crippen LogP contribution < -0.4 is 9.46 Å². The number of nitrogens with zero attached hydrogens (tertiary/aromatic N) is 1. The Hall–Kier alpha value is -1.60. The molecule has 1 aliphatic heterocycles. The number of carbonyl (C=O) groups is 1. The van der Waals surface area contributed by atoms with Crippen LogP contribution >= 0.6 is 0 Å². The number of carbonyl (C=O) groups excluding carboxylic acids is 1. The number of sulfonamides is 1. The number of piperidine rings is 1. The van der Waals surface area contributed by atoms with Crippen molar-refractivity contribution in [1.82, 2.24) is 9.62 Å². The van der Waals surface area contributed by atoms with E-state index in [1.54, 1.807) is 12.0 Å². The third kappa shape index (κ3) is 4.71. The maximum Gasteiger partial charge on any atom is 0.227 e. The standard InChI is InChI=1S/C15H22N2O4S/c1-21-14-8-4-3-6-12(14)10-15(18)17-9-5-7-13(11-17)16-22(2,19)20/h3-4,6,8,13,16H,5,7,9-11H2,1-2H3/t13-/m1/s1. The number of hydrogen-bond donors (Lipinski definition) is 1. The Kier molecular flexibility index (Phi) is 5.42. The Morgan fingerprint density at radius 1 is 1.41 bits per heavy atom.